The standard InChI is InChI=1S/C19H26N4O2/c1-14-20-18(21-25-14)17-10-5-4-6-11-23(17)19(24)16-9-7-8-15(12-16)13-22(2)3/h7-9,12,17H,4-6,10-11,13H2,1-3H3/t17-/m0/s1. The van der Waals surface area contributed by atoms with Gasteiger partial charge in [-0.05, 0) is 44.6 Å². The Hall–Kier alpha value is -2.21. The molecule has 1 saturated heterocycles. The van der Waals surface area contributed by atoms with Crippen molar-refractivity contribution in [1.82, 2.24) is 19.9 Å². The summed E-state index contributed by atoms with van der Waals surface area (Å²) in [7, 11) is 4.05. The van der Waals surface area contributed by atoms with Crippen LogP contribution in [0.5, 0.6) is 0 Å². The molecule has 0 radical (unpaired) electrons. The van der Waals surface area contributed by atoms with Gasteiger partial charge in [0, 0.05) is 25.6 Å². The van der Waals surface area contributed by atoms with Crippen molar-refractivity contribution in [2.75, 3.05) is 20.6 Å². The molecule has 3 rings (SSSR count). The van der Waals surface area contributed by atoms with E-state index < -0.39 is 0 Å². The van der Waals surface area contributed by atoms with Crippen LogP contribution in [-0.2, 0) is 6.54 Å². The molecule has 1 aliphatic rings. The van der Waals surface area contributed by atoms with Crippen LogP contribution in [0.3, 0.4) is 0 Å². The minimum absolute atomic E-state index is 0.0509. The SMILES string of the molecule is Cc1nc([C@@H]2CCCCCN2C(=O)c2cccc(CN(C)C)c2)no1. The van der Waals surface area contributed by atoms with Gasteiger partial charge in [0.15, 0.2) is 5.82 Å². The first-order chi connectivity index (χ1) is 12.0. The van der Waals surface area contributed by atoms with Crippen LogP contribution in [0.4, 0.5) is 0 Å². The molecule has 0 spiro atoms. The maximum Gasteiger partial charge on any atom is 0.254 e. The molecule has 6 nitrogen and oxygen atoms in total. The largest absolute Gasteiger partial charge is 0.340 e. The van der Waals surface area contributed by atoms with Gasteiger partial charge < -0.3 is 14.3 Å². The van der Waals surface area contributed by atoms with Gasteiger partial charge >= 0.3 is 0 Å². The summed E-state index contributed by atoms with van der Waals surface area (Å²) in [6.45, 7) is 3.33. The highest BCUT2D eigenvalue weighted by Crippen LogP contribution is 2.30. The third-order valence-electron chi connectivity index (χ3n) is 4.53. The van der Waals surface area contributed by atoms with Gasteiger partial charge in [0.2, 0.25) is 5.89 Å². The molecule has 25 heavy (non-hydrogen) atoms. The zero-order valence-corrected chi connectivity index (χ0v) is 15.2. The molecule has 2 aromatic rings. The molecule has 2 heterocycles. The fourth-order valence-corrected chi connectivity index (χ4v) is 3.40. The molecule has 1 aliphatic heterocycles. The Kier molecular flexibility index (Phi) is 5.48. The Labute approximate surface area is 148 Å². The van der Waals surface area contributed by atoms with E-state index in [1.54, 1.807) is 6.92 Å². The van der Waals surface area contributed by atoms with Gasteiger partial charge in [-0.25, -0.2) is 0 Å². The quantitative estimate of drug-likeness (QED) is 0.854. The van der Waals surface area contributed by atoms with Crippen LogP contribution in [0.2, 0.25) is 0 Å². The molecule has 0 N–H and O–H groups in total. The number of likely N-dealkylation sites (tertiary alicyclic amines) is 1. The monoisotopic (exact) mass is 342 g/mol. The first-order valence-electron chi connectivity index (χ1n) is 8.89. The molecule has 1 aromatic carbocycles. The molecule has 0 aliphatic carbocycles. The lowest BCUT2D eigenvalue weighted by Crippen LogP contribution is -2.35. The number of hydrogen-bond acceptors (Lipinski definition) is 5. The molecule has 1 fully saturated rings. The topological polar surface area (TPSA) is 62.5 Å². The van der Waals surface area contributed by atoms with Crippen LogP contribution < -0.4 is 0 Å². The van der Waals surface area contributed by atoms with Gasteiger partial charge in [-0.1, -0.05) is 30.1 Å². The van der Waals surface area contributed by atoms with E-state index in [0.717, 1.165) is 49.9 Å². The number of hydrogen-bond donors (Lipinski definition) is 0. The van der Waals surface area contributed by atoms with Gasteiger partial charge in [0.05, 0.1) is 6.04 Å². The minimum Gasteiger partial charge on any atom is -0.340 e. The van der Waals surface area contributed by atoms with Crippen LogP contribution >= 0.6 is 0 Å². The fourth-order valence-electron chi connectivity index (χ4n) is 3.40. The molecule has 6 heteroatoms. The third-order valence-corrected chi connectivity index (χ3v) is 4.53. The summed E-state index contributed by atoms with van der Waals surface area (Å²) in [6.07, 6.45) is 4.08. The van der Waals surface area contributed by atoms with Crippen LogP contribution in [0, 0.1) is 6.92 Å². The summed E-state index contributed by atoms with van der Waals surface area (Å²) in [6, 6.07) is 7.79. The predicted octanol–water partition coefficient (Wildman–Crippen LogP) is 3.20. The average Bonchev–Trinajstić information content (AvgIpc) is 2.86. The maximum absolute atomic E-state index is 13.2. The zero-order chi connectivity index (χ0) is 17.8. The number of aromatic nitrogens is 2. The summed E-state index contributed by atoms with van der Waals surface area (Å²) >= 11 is 0. The Morgan fingerprint density at radius 3 is 2.88 bits per heavy atom. The van der Waals surface area contributed by atoms with E-state index in [9.17, 15) is 4.79 Å². The van der Waals surface area contributed by atoms with Crippen molar-refractivity contribution in [3.63, 3.8) is 0 Å². The smallest absolute Gasteiger partial charge is 0.254 e. The molecule has 0 bridgehead atoms. The predicted molar refractivity (Wildman–Crippen MR) is 95.1 cm³/mol. The third kappa shape index (κ3) is 4.25. The van der Waals surface area contributed by atoms with Gasteiger partial charge in [-0.15, -0.1) is 0 Å². The number of rotatable bonds is 4. The molecule has 134 valence electrons. The van der Waals surface area contributed by atoms with Crippen molar-refractivity contribution in [1.29, 1.82) is 0 Å². The average molecular weight is 342 g/mol. The zero-order valence-electron chi connectivity index (χ0n) is 15.2. The summed E-state index contributed by atoms with van der Waals surface area (Å²) in [5.74, 6) is 1.21. The van der Waals surface area contributed by atoms with Crippen LogP contribution in [0.1, 0.15) is 59.4 Å². The molecular formula is C19H26N4O2. The van der Waals surface area contributed by atoms with Gasteiger partial charge in [-0.3, -0.25) is 4.79 Å². The summed E-state index contributed by atoms with van der Waals surface area (Å²) < 4.78 is 5.15. The second-order valence-corrected chi connectivity index (χ2v) is 6.97. The summed E-state index contributed by atoms with van der Waals surface area (Å²) in [4.78, 5) is 21.6. The number of aryl methyl sites for hydroxylation is 1. The lowest BCUT2D eigenvalue weighted by molar-refractivity contribution is 0.0670. The Balaban J connectivity index is 1.87. The molecule has 0 unspecified atom stereocenters. The second kappa shape index (κ2) is 7.78. The van der Waals surface area contributed by atoms with Gasteiger partial charge in [0.1, 0.15) is 0 Å². The van der Waals surface area contributed by atoms with Crippen molar-refractivity contribution in [2.45, 2.75) is 45.2 Å². The first kappa shape index (κ1) is 17.6. The van der Waals surface area contributed by atoms with Crippen molar-refractivity contribution < 1.29 is 9.32 Å². The van der Waals surface area contributed by atoms with E-state index in [1.807, 2.05) is 37.2 Å². The van der Waals surface area contributed by atoms with E-state index in [2.05, 4.69) is 21.1 Å². The van der Waals surface area contributed by atoms with Crippen LogP contribution in [0.25, 0.3) is 0 Å². The molecule has 1 atom stereocenters. The first-order valence-corrected chi connectivity index (χ1v) is 8.89. The van der Waals surface area contributed by atoms with E-state index in [-0.39, 0.29) is 11.9 Å². The molecule has 0 saturated carbocycles. The highest BCUT2D eigenvalue weighted by atomic mass is 16.5. The Morgan fingerprint density at radius 1 is 1.32 bits per heavy atom. The van der Waals surface area contributed by atoms with E-state index in [0.29, 0.717) is 11.7 Å². The van der Waals surface area contributed by atoms with Crippen molar-refractivity contribution in [2.24, 2.45) is 0 Å². The lowest BCUT2D eigenvalue weighted by Gasteiger charge is -2.28. The van der Waals surface area contributed by atoms with Crippen LogP contribution in [-0.4, -0.2) is 46.5 Å². The van der Waals surface area contributed by atoms with E-state index in [1.165, 1.54) is 0 Å². The Bertz CT molecular complexity index is 726. The highest BCUT2D eigenvalue weighted by molar-refractivity contribution is 5.94. The van der Waals surface area contributed by atoms with E-state index in [4.69, 9.17) is 4.52 Å². The summed E-state index contributed by atoms with van der Waals surface area (Å²) in [5.41, 5.74) is 1.86. The van der Waals surface area contributed by atoms with Crippen molar-refractivity contribution in [3.05, 3.63) is 47.1 Å². The van der Waals surface area contributed by atoms with Crippen molar-refractivity contribution >= 4 is 5.91 Å². The van der Waals surface area contributed by atoms with Crippen molar-refractivity contribution in [3.8, 4) is 0 Å². The second-order valence-electron chi connectivity index (χ2n) is 6.97. The number of benzene rings is 1. The highest BCUT2D eigenvalue weighted by Gasteiger charge is 2.30. The molecule has 1 aromatic heterocycles. The normalized spacial score (nSPS) is 18.4. The van der Waals surface area contributed by atoms with Gasteiger partial charge in [0.25, 0.3) is 5.91 Å². The van der Waals surface area contributed by atoms with E-state index >= 15 is 0 Å². The Morgan fingerprint density at radius 2 is 2.16 bits per heavy atom. The lowest BCUT2D eigenvalue weighted by atomic mass is 10.1. The number of nitrogens with zero attached hydrogens (tertiary/aromatic N) is 4. The van der Waals surface area contributed by atoms with Crippen LogP contribution in [0.15, 0.2) is 28.8 Å². The molecular weight excluding hydrogens is 316 g/mol. The fraction of sp³-hybridized carbons (Fsp3) is 0.526. The number of amides is 1. The number of carbonyl (C=O) groups is 1. The number of carbonyl (C=O) groups excluding carboxylic acids is 1. The molecule has 1 amide bonds. The van der Waals surface area contributed by atoms with Gasteiger partial charge in [-0.2, -0.15) is 4.98 Å². The minimum atomic E-state index is -0.107. The maximum atomic E-state index is 13.2. The summed E-state index contributed by atoms with van der Waals surface area (Å²) in [5, 5.41) is 4.08.